The van der Waals surface area contributed by atoms with Crippen LogP contribution in [0.2, 0.25) is 0 Å². The molecule has 5 nitrogen and oxygen atoms in total. The van der Waals surface area contributed by atoms with Gasteiger partial charge in [0.2, 0.25) is 0 Å². The van der Waals surface area contributed by atoms with Crippen LogP contribution in [0.15, 0.2) is 18.5 Å². The van der Waals surface area contributed by atoms with Gasteiger partial charge in [-0.3, -0.25) is 4.57 Å². The maximum atomic E-state index is 13.7. The average Bonchev–Trinajstić information content (AvgIpc) is 2.83. The van der Waals surface area contributed by atoms with Crippen molar-refractivity contribution in [2.45, 2.75) is 19.9 Å². The van der Waals surface area contributed by atoms with Crippen molar-refractivity contribution >= 4 is 0 Å². The zero-order chi connectivity index (χ0) is 14.9. The number of rotatable bonds is 2. The zero-order valence-electron chi connectivity index (χ0n) is 11.1. The number of nitrogens with zero attached hydrogens (tertiary/aromatic N) is 4. The van der Waals surface area contributed by atoms with Crippen molar-refractivity contribution in [3.63, 3.8) is 0 Å². The molecule has 1 aromatic heterocycles. The third-order valence-electron chi connectivity index (χ3n) is 3.04. The molecular weight excluding hydrogens is 257 g/mol. The van der Waals surface area contributed by atoms with Crippen molar-refractivity contribution in [1.29, 1.82) is 10.5 Å². The van der Waals surface area contributed by atoms with E-state index >= 15 is 0 Å². The maximum Gasteiger partial charge on any atom is 0.177 e. The first-order valence-corrected chi connectivity index (χ1v) is 5.93. The number of halogens is 1. The number of imidazole rings is 1. The Hall–Kier alpha value is -2.70. The summed E-state index contributed by atoms with van der Waals surface area (Å²) in [5.41, 5.74) is 7.54. The Morgan fingerprint density at radius 2 is 2.05 bits per heavy atom. The van der Waals surface area contributed by atoms with Gasteiger partial charge in [-0.25, -0.2) is 9.37 Å². The number of benzene rings is 1. The molecule has 0 saturated carbocycles. The van der Waals surface area contributed by atoms with Gasteiger partial charge in [0.1, 0.15) is 24.3 Å². The molecule has 2 aromatic rings. The molecule has 6 heteroatoms. The number of aromatic nitrogens is 2. The first kappa shape index (κ1) is 13.7. The van der Waals surface area contributed by atoms with Gasteiger partial charge in [-0.1, -0.05) is 0 Å². The Balaban J connectivity index is 2.77. The van der Waals surface area contributed by atoms with E-state index in [1.54, 1.807) is 19.9 Å². The largest absolute Gasteiger partial charge is 0.324 e. The summed E-state index contributed by atoms with van der Waals surface area (Å²) in [7, 11) is 0. The molecule has 2 rings (SSSR count). The van der Waals surface area contributed by atoms with Gasteiger partial charge in [0.15, 0.2) is 11.4 Å². The number of hydrogen-bond acceptors (Lipinski definition) is 4. The van der Waals surface area contributed by atoms with E-state index < -0.39 is 6.04 Å². The van der Waals surface area contributed by atoms with Gasteiger partial charge in [-0.15, -0.1) is 0 Å². The third-order valence-corrected chi connectivity index (χ3v) is 3.04. The molecule has 0 aliphatic carbocycles. The Morgan fingerprint density at radius 3 is 2.60 bits per heavy atom. The van der Waals surface area contributed by atoms with E-state index in [2.05, 4.69) is 4.98 Å². The zero-order valence-corrected chi connectivity index (χ0v) is 11.1. The molecule has 0 amide bonds. The van der Waals surface area contributed by atoms with Crippen LogP contribution in [0.1, 0.15) is 35.5 Å². The van der Waals surface area contributed by atoms with Crippen molar-refractivity contribution in [2.24, 2.45) is 5.73 Å². The summed E-state index contributed by atoms with van der Waals surface area (Å²) in [5.74, 6) is -0.361. The summed E-state index contributed by atoms with van der Waals surface area (Å²) in [5, 5.41) is 18.1. The van der Waals surface area contributed by atoms with Crippen LogP contribution in [0.5, 0.6) is 0 Å². The van der Waals surface area contributed by atoms with Crippen LogP contribution in [0, 0.1) is 35.4 Å². The average molecular weight is 269 g/mol. The lowest BCUT2D eigenvalue weighted by molar-refractivity contribution is 0.612. The van der Waals surface area contributed by atoms with Crippen LogP contribution < -0.4 is 5.73 Å². The van der Waals surface area contributed by atoms with Crippen LogP contribution in [-0.4, -0.2) is 9.55 Å². The minimum atomic E-state index is -0.417. The minimum absolute atomic E-state index is 0.0325. The van der Waals surface area contributed by atoms with Gasteiger partial charge in [-0.05, 0) is 37.1 Å². The number of nitrogens with two attached hydrogens (primary N) is 1. The monoisotopic (exact) mass is 269 g/mol. The molecule has 1 atom stereocenters. The fourth-order valence-electron chi connectivity index (χ4n) is 1.97. The number of nitriles is 2. The predicted octanol–water partition coefficient (Wildman–Crippen LogP) is 2.08. The molecule has 0 aliphatic rings. The van der Waals surface area contributed by atoms with Gasteiger partial charge in [0.05, 0.1) is 5.69 Å². The van der Waals surface area contributed by atoms with Crippen molar-refractivity contribution in [3.05, 3.63) is 46.8 Å². The molecule has 2 N–H and O–H groups in total. The first-order valence-electron chi connectivity index (χ1n) is 5.93. The summed E-state index contributed by atoms with van der Waals surface area (Å²) in [6.07, 6.45) is 1.37. The molecule has 20 heavy (non-hydrogen) atoms. The van der Waals surface area contributed by atoms with E-state index in [4.69, 9.17) is 16.3 Å². The van der Waals surface area contributed by atoms with E-state index in [1.165, 1.54) is 17.0 Å². The number of aryl methyl sites for hydroxylation is 1. The summed E-state index contributed by atoms with van der Waals surface area (Å²) in [6.45, 7) is 3.35. The molecule has 100 valence electrons. The third kappa shape index (κ3) is 2.13. The predicted molar refractivity (Wildman–Crippen MR) is 70.3 cm³/mol. The van der Waals surface area contributed by atoms with E-state index in [0.717, 1.165) is 0 Å². The highest BCUT2D eigenvalue weighted by atomic mass is 19.1. The Labute approximate surface area is 115 Å². The molecule has 0 spiro atoms. The molecule has 1 heterocycles. The fraction of sp³-hybridized carbons (Fsp3) is 0.214. The van der Waals surface area contributed by atoms with Crippen molar-refractivity contribution in [3.8, 4) is 17.8 Å². The van der Waals surface area contributed by atoms with Crippen LogP contribution in [-0.2, 0) is 0 Å². The lowest BCUT2D eigenvalue weighted by Gasteiger charge is -2.15. The second-order valence-corrected chi connectivity index (χ2v) is 4.48. The van der Waals surface area contributed by atoms with Crippen LogP contribution in [0.25, 0.3) is 5.69 Å². The minimum Gasteiger partial charge on any atom is -0.324 e. The van der Waals surface area contributed by atoms with Crippen molar-refractivity contribution < 1.29 is 4.39 Å². The quantitative estimate of drug-likeness (QED) is 0.903. The molecular formula is C14H12FN5. The normalized spacial score (nSPS) is 11.7. The molecule has 0 fully saturated rings. The summed E-state index contributed by atoms with van der Waals surface area (Å²) in [4.78, 5) is 3.88. The maximum absolute atomic E-state index is 13.7. The van der Waals surface area contributed by atoms with E-state index in [0.29, 0.717) is 16.8 Å². The van der Waals surface area contributed by atoms with Crippen LogP contribution in [0.4, 0.5) is 4.39 Å². The highest BCUT2D eigenvalue weighted by Crippen LogP contribution is 2.25. The topological polar surface area (TPSA) is 91.4 Å². The molecule has 0 radical (unpaired) electrons. The Bertz CT molecular complexity index is 746. The van der Waals surface area contributed by atoms with Crippen LogP contribution >= 0.6 is 0 Å². The SMILES string of the molecule is Cc1cc(-n2cnc(C#N)c2C#N)c(C(C)N)cc1F. The summed E-state index contributed by atoms with van der Waals surface area (Å²) < 4.78 is 15.2. The lowest BCUT2D eigenvalue weighted by Crippen LogP contribution is -2.11. The van der Waals surface area contributed by atoms with Crippen molar-refractivity contribution in [1.82, 2.24) is 9.55 Å². The lowest BCUT2D eigenvalue weighted by atomic mass is 10.0. The van der Waals surface area contributed by atoms with Gasteiger partial charge in [0.25, 0.3) is 0 Å². The molecule has 0 saturated heterocycles. The van der Waals surface area contributed by atoms with Gasteiger partial charge < -0.3 is 5.73 Å². The molecule has 1 unspecified atom stereocenters. The first-order chi connectivity index (χ1) is 9.49. The van der Waals surface area contributed by atoms with E-state index in [1.807, 2.05) is 12.1 Å². The Kier molecular flexibility index (Phi) is 3.51. The highest BCUT2D eigenvalue weighted by molar-refractivity contribution is 5.51. The Morgan fingerprint density at radius 1 is 1.35 bits per heavy atom. The standard InChI is InChI=1S/C14H12FN5/c1-8-3-13(10(9(2)18)4-11(8)15)20-7-19-12(5-16)14(20)6-17/h3-4,7,9H,18H2,1-2H3. The van der Waals surface area contributed by atoms with Gasteiger partial charge in [0, 0.05) is 6.04 Å². The second kappa shape index (κ2) is 5.12. The fourth-order valence-corrected chi connectivity index (χ4v) is 1.97. The summed E-state index contributed by atoms with van der Waals surface area (Å²) in [6, 6.07) is 6.32. The molecule has 0 aliphatic heterocycles. The summed E-state index contributed by atoms with van der Waals surface area (Å²) >= 11 is 0. The smallest absolute Gasteiger partial charge is 0.177 e. The van der Waals surface area contributed by atoms with E-state index in [-0.39, 0.29) is 17.2 Å². The molecule has 0 bridgehead atoms. The molecule has 1 aromatic carbocycles. The van der Waals surface area contributed by atoms with Gasteiger partial charge >= 0.3 is 0 Å². The second-order valence-electron chi connectivity index (χ2n) is 4.48. The van der Waals surface area contributed by atoms with Gasteiger partial charge in [-0.2, -0.15) is 10.5 Å². The van der Waals surface area contributed by atoms with E-state index in [9.17, 15) is 4.39 Å². The highest BCUT2D eigenvalue weighted by Gasteiger charge is 2.17. The van der Waals surface area contributed by atoms with Crippen LogP contribution in [0.3, 0.4) is 0 Å². The van der Waals surface area contributed by atoms with Crippen molar-refractivity contribution in [2.75, 3.05) is 0 Å². The number of hydrogen-bond donors (Lipinski definition) is 1.